The lowest BCUT2D eigenvalue weighted by molar-refractivity contribution is -0.146. The van der Waals surface area contributed by atoms with E-state index in [1.807, 2.05) is 0 Å². The van der Waals surface area contributed by atoms with Gasteiger partial charge in [0.1, 0.15) is 6.23 Å². The summed E-state index contributed by atoms with van der Waals surface area (Å²) in [7, 11) is 0. The number of nitrogens with one attached hydrogen (secondary N) is 2. The van der Waals surface area contributed by atoms with Crippen LogP contribution in [0, 0.1) is 0 Å². The third-order valence-electron chi connectivity index (χ3n) is 4.53. The quantitative estimate of drug-likeness (QED) is 0.766. The topological polar surface area (TPSA) is 50.4 Å². The molecule has 1 atom stereocenters. The van der Waals surface area contributed by atoms with Gasteiger partial charge in [-0.2, -0.15) is 0 Å². The third-order valence-corrected chi connectivity index (χ3v) is 4.53. The molecule has 0 bridgehead atoms. The van der Waals surface area contributed by atoms with E-state index in [1.165, 1.54) is 19.3 Å². The third kappa shape index (κ3) is 3.98. The molecular formula is C17H32N2O2. The Morgan fingerprint density at radius 2 is 1.71 bits per heavy atom. The van der Waals surface area contributed by atoms with Gasteiger partial charge in [-0.05, 0) is 40.5 Å². The maximum absolute atomic E-state index is 12.6. The van der Waals surface area contributed by atoms with Crippen molar-refractivity contribution in [2.24, 2.45) is 0 Å². The van der Waals surface area contributed by atoms with Crippen molar-refractivity contribution < 1.29 is 9.53 Å². The van der Waals surface area contributed by atoms with Crippen LogP contribution in [-0.2, 0) is 9.53 Å². The van der Waals surface area contributed by atoms with E-state index in [0.717, 1.165) is 25.7 Å². The van der Waals surface area contributed by atoms with Crippen LogP contribution in [0.4, 0.5) is 0 Å². The van der Waals surface area contributed by atoms with Gasteiger partial charge in [0.05, 0.1) is 0 Å². The van der Waals surface area contributed by atoms with E-state index in [2.05, 4.69) is 45.3 Å². The molecule has 2 fully saturated rings. The van der Waals surface area contributed by atoms with Crippen LogP contribution in [0.15, 0.2) is 0 Å². The summed E-state index contributed by atoms with van der Waals surface area (Å²) in [6.07, 6.45) is 7.14. The predicted molar refractivity (Wildman–Crippen MR) is 85.0 cm³/mol. The van der Waals surface area contributed by atoms with Gasteiger partial charge in [0.25, 0.3) is 5.91 Å². The van der Waals surface area contributed by atoms with E-state index in [4.69, 9.17) is 4.74 Å². The fourth-order valence-electron chi connectivity index (χ4n) is 4.26. The Bertz CT molecular complexity index is 374. The minimum atomic E-state index is -0.645. The van der Waals surface area contributed by atoms with Gasteiger partial charge in [-0.1, -0.05) is 26.2 Å². The van der Waals surface area contributed by atoms with Crippen molar-refractivity contribution in [2.75, 3.05) is 0 Å². The van der Waals surface area contributed by atoms with Crippen LogP contribution < -0.4 is 10.6 Å². The Kier molecular flexibility index (Phi) is 4.69. The number of hydrogen-bond acceptors (Lipinski definition) is 3. The molecule has 2 rings (SSSR count). The van der Waals surface area contributed by atoms with Crippen molar-refractivity contribution in [3.8, 4) is 0 Å². The first-order valence-electron chi connectivity index (χ1n) is 8.46. The van der Waals surface area contributed by atoms with Gasteiger partial charge in [-0.15, -0.1) is 0 Å². The van der Waals surface area contributed by atoms with Crippen molar-refractivity contribution in [3.05, 3.63) is 0 Å². The normalized spacial score (nSPS) is 29.6. The van der Waals surface area contributed by atoms with Gasteiger partial charge in [0.15, 0.2) is 5.60 Å². The van der Waals surface area contributed by atoms with E-state index >= 15 is 0 Å². The molecule has 122 valence electrons. The number of carbonyl (C=O) groups is 1. The lowest BCUT2D eigenvalue weighted by atomic mass is 9.72. The second kappa shape index (κ2) is 5.88. The number of piperidine rings is 1. The molecule has 4 heteroatoms. The first-order valence-corrected chi connectivity index (χ1v) is 8.46. The van der Waals surface area contributed by atoms with E-state index in [1.54, 1.807) is 0 Å². The van der Waals surface area contributed by atoms with E-state index in [0.29, 0.717) is 0 Å². The summed E-state index contributed by atoms with van der Waals surface area (Å²) in [5.74, 6) is 0.0886. The second-order valence-corrected chi connectivity index (χ2v) is 8.17. The second-order valence-electron chi connectivity index (χ2n) is 8.17. The number of carbonyl (C=O) groups excluding carboxylic acids is 1. The van der Waals surface area contributed by atoms with Gasteiger partial charge in [-0.25, -0.2) is 0 Å². The first kappa shape index (κ1) is 16.8. The highest BCUT2D eigenvalue weighted by molar-refractivity contribution is 5.87. The van der Waals surface area contributed by atoms with Gasteiger partial charge >= 0.3 is 0 Å². The van der Waals surface area contributed by atoms with Crippen LogP contribution in [0.1, 0.15) is 79.6 Å². The Morgan fingerprint density at radius 3 is 2.29 bits per heavy atom. The van der Waals surface area contributed by atoms with Crippen LogP contribution in [0.3, 0.4) is 0 Å². The zero-order chi connectivity index (χ0) is 15.7. The molecule has 2 saturated heterocycles. The Labute approximate surface area is 129 Å². The highest BCUT2D eigenvalue weighted by Crippen LogP contribution is 2.42. The molecule has 2 heterocycles. The summed E-state index contributed by atoms with van der Waals surface area (Å²) in [4.78, 5) is 12.6. The van der Waals surface area contributed by atoms with Gasteiger partial charge < -0.3 is 15.4 Å². The maximum atomic E-state index is 12.6. The van der Waals surface area contributed by atoms with Crippen molar-refractivity contribution in [1.29, 1.82) is 0 Å². The molecular weight excluding hydrogens is 264 g/mol. The highest BCUT2D eigenvalue weighted by Gasteiger charge is 2.56. The molecule has 2 aliphatic heterocycles. The smallest absolute Gasteiger partial charge is 0.254 e. The van der Waals surface area contributed by atoms with Crippen molar-refractivity contribution in [1.82, 2.24) is 10.6 Å². The number of rotatable bonds is 5. The molecule has 1 spiro atoms. The molecule has 1 unspecified atom stereocenters. The largest absolute Gasteiger partial charge is 0.342 e. The molecule has 0 aliphatic carbocycles. The monoisotopic (exact) mass is 296 g/mol. The molecule has 2 aliphatic rings. The molecule has 4 nitrogen and oxygen atoms in total. The van der Waals surface area contributed by atoms with Crippen LogP contribution in [0.2, 0.25) is 0 Å². The summed E-state index contributed by atoms with van der Waals surface area (Å²) < 4.78 is 6.25. The van der Waals surface area contributed by atoms with Crippen LogP contribution in [-0.4, -0.2) is 28.8 Å². The highest BCUT2D eigenvalue weighted by atomic mass is 16.5. The predicted octanol–water partition coefficient (Wildman–Crippen LogP) is 3.11. The van der Waals surface area contributed by atoms with E-state index in [-0.39, 0.29) is 23.2 Å². The minimum Gasteiger partial charge on any atom is -0.342 e. The van der Waals surface area contributed by atoms with Crippen molar-refractivity contribution in [2.45, 2.75) is 102 Å². The standard InChI is InChI=1S/C17H32N2O2/c1-6-7-8-9-10-13-18-14(20)17(21-13)11-15(2,3)19-16(4,5)12-17/h13,19H,6-12H2,1-5H3,(H,18,20). The van der Waals surface area contributed by atoms with Gasteiger partial charge in [0, 0.05) is 23.9 Å². The van der Waals surface area contributed by atoms with Crippen LogP contribution in [0.5, 0.6) is 0 Å². The summed E-state index contributed by atoms with van der Waals surface area (Å²) in [6.45, 7) is 10.8. The Hall–Kier alpha value is -0.610. The Balaban J connectivity index is 2.00. The fraction of sp³-hybridized carbons (Fsp3) is 0.941. The van der Waals surface area contributed by atoms with Gasteiger partial charge in [-0.3, -0.25) is 4.79 Å². The SMILES string of the molecule is CCCCCCC1NC(=O)C2(CC(C)(C)NC(C)(C)C2)O1. The molecule has 0 saturated carbocycles. The maximum Gasteiger partial charge on any atom is 0.254 e. The fourth-order valence-corrected chi connectivity index (χ4v) is 4.26. The summed E-state index contributed by atoms with van der Waals surface area (Å²) in [5, 5.41) is 6.70. The Morgan fingerprint density at radius 1 is 1.10 bits per heavy atom. The minimum absolute atomic E-state index is 0.0871. The summed E-state index contributed by atoms with van der Waals surface area (Å²) in [5.41, 5.74) is -0.819. The zero-order valence-corrected chi connectivity index (χ0v) is 14.3. The van der Waals surface area contributed by atoms with E-state index < -0.39 is 5.60 Å². The number of amides is 1. The molecule has 1 amide bonds. The number of unbranched alkanes of at least 4 members (excludes halogenated alkanes) is 3. The zero-order valence-electron chi connectivity index (χ0n) is 14.3. The molecule has 0 aromatic rings. The van der Waals surface area contributed by atoms with Crippen LogP contribution in [0.25, 0.3) is 0 Å². The van der Waals surface area contributed by atoms with Crippen molar-refractivity contribution in [3.63, 3.8) is 0 Å². The van der Waals surface area contributed by atoms with Crippen molar-refractivity contribution >= 4 is 5.91 Å². The lowest BCUT2D eigenvalue weighted by Crippen LogP contribution is -2.65. The van der Waals surface area contributed by atoms with Gasteiger partial charge in [0.2, 0.25) is 0 Å². The molecule has 21 heavy (non-hydrogen) atoms. The van der Waals surface area contributed by atoms with E-state index in [9.17, 15) is 4.79 Å². The molecule has 0 aromatic heterocycles. The van der Waals surface area contributed by atoms with Crippen LogP contribution >= 0.6 is 0 Å². The average molecular weight is 296 g/mol. The molecule has 0 radical (unpaired) electrons. The summed E-state index contributed by atoms with van der Waals surface area (Å²) >= 11 is 0. The molecule has 2 N–H and O–H groups in total. The summed E-state index contributed by atoms with van der Waals surface area (Å²) in [6, 6.07) is 0. The molecule has 0 aromatic carbocycles. The first-order chi connectivity index (χ1) is 9.68. The number of ether oxygens (including phenoxy) is 1. The average Bonchev–Trinajstić information content (AvgIpc) is 2.56. The number of hydrogen-bond donors (Lipinski definition) is 2. The lowest BCUT2D eigenvalue weighted by Gasteiger charge is -2.49.